The lowest BCUT2D eigenvalue weighted by molar-refractivity contribution is 0.422. The maximum atomic E-state index is 11.1. The Hall–Kier alpha value is -3.89. The van der Waals surface area contributed by atoms with Crippen LogP contribution in [0, 0.1) is 0 Å². The summed E-state index contributed by atoms with van der Waals surface area (Å²) in [5.74, 6) is 1.43. The van der Waals surface area contributed by atoms with Crippen LogP contribution in [0.2, 0.25) is 0 Å². The summed E-state index contributed by atoms with van der Waals surface area (Å²) in [5, 5.41) is 14.7. The number of phenolic OH excluding ortho intramolecular Hbond substituents is 1. The third-order valence-corrected chi connectivity index (χ3v) is 9.05. The molecule has 2 N–H and O–H groups in total. The van der Waals surface area contributed by atoms with Gasteiger partial charge in [-0.05, 0) is 88.7 Å². The van der Waals surface area contributed by atoms with Crippen LogP contribution in [-0.2, 0) is 10.8 Å². The summed E-state index contributed by atoms with van der Waals surface area (Å²) in [6.07, 6.45) is 8.65. The summed E-state index contributed by atoms with van der Waals surface area (Å²) < 4.78 is 0. The number of thioether (sulfide) groups is 1. The van der Waals surface area contributed by atoms with E-state index >= 15 is 0 Å². The Bertz CT molecular complexity index is 1590. The highest BCUT2D eigenvalue weighted by Crippen LogP contribution is 2.42. The topological polar surface area (TPSA) is 35.5 Å². The summed E-state index contributed by atoms with van der Waals surface area (Å²) in [7, 11) is 0. The van der Waals surface area contributed by atoms with Gasteiger partial charge in [0.15, 0.2) is 0 Å². The Balaban J connectivity index is 1.34. The maximum absolute atomic E-state index is 11.1. The average Bonchev–Trinajstić information content (AvgIpc) is 3.19. The normalized spacial score (nSPS) is 13.2. The first-order valence-corrected chi connectivity index (χ1v) is 16.6. The molecule has 228 valence electrons. The van der Waals surface area contributed by atoms with E-state index in [0.717, 1.165) is 42.0 Å². The molecule has 0 bridgehead atoms. The SMILES string of the molecule is CC(C)(C)c1cc(SCCCN(c2ccccc2)c2ccc3c(c2)C=CCC(Nc2ccccc2)=C3)cc(C(C)(C)C)c1O. The van der Waals surface area contributed by atoms with Crippen molar-refractivity contribution in [3.05, 3.63) is 125 Å². The molecule has 3 nitrogen and oxygen atoms in total. The molecule has 0 saturated carbocycles. The lowest BCUT2D eigenvalue weighted by Gasteiger charge is -2.28. The van der Waals surface area contributed by atoms with Crippen molar-refractivity contribution < 1.29 is 5.11 Å². The predicted molar refractivity (Wildman–Crippen MR) is 192 cm³/mol. The van der Waals surface area contributed by atoms with E-state index in [9.17, 15) is 5.11 Å². The van der Waals surface area contributed by atoms with Gasteiger partial charge in [-0.1, -0.05) is 96.2 Å². The van der Waals surface area contributed by atoms with E-state index in [2.05, 4.69) is 155 Å². The Morgan fingerprint density at radius 2 is 1.39 bits per heavy atom. The Morgan fingerprint density at radius 1 is 0.750 bits per heavy atom. The van der Waals surface area contributed by atoms with Crippen molar-refractivity contribution in [3.63, 3.8) is 0 Å². The van der Waals surface area contributed by atoms with Crippen molar-refractivity contribution in [1.29, 1.82) is 0 Å². The number of nitrogens with zero attached hydrogens (tertiary/aromatic N) is 1. The maximum Gasteiger partial charge on any atom is 0.123 e. The second-order valence-corrected chi connectivity index (χ2v) is 14.8. The molecule has 0 aromatic heterocycles. The lowest BCUT2D eigenvalue weighted by Crippen LogP contribution is -2.19. The van der Waals surface area contributed by atoms with Crippen LogP contribution in [0.3, 0.4) is 0 Å². The quantitative estimate of drug-likeness (QED) is 0.148. The van der Waals surface area contributed by atoms with E-state index < -0.39 is 0 Å². The first kappa shape index (κ1) is 31.5. The Morgan fingerprint density at radius 3 is 2.02 bits per heavy atom. The molecule has 5 rings (SSSR count). The van der Waals surface area contributed by atoms with Crippen LogP contribution in [0.5, 0.6) is 5.75 Å². The second-order valence-electron chi connectivity index (χ2n) is 13.6. The van der Waals surface area contributed by atoms with E-state index in [0.29, 0.717) is 5.75 Å². The lowest BCUT2D eigenvalue weighted by atomic mass is 9.79. The zero-order valence-electron chi connectivity index (χ0n) is 27.0. The third-order valence-electron chi connectivity index (χ3n) is 7.99. The average molecular weight is 603 g/mol. The van der Waals surface area contributed by atoms with E-state index in [1.165, 1.54) is 33.1 Å². The van der Waals surface area contributed by atoms with Gasteiger partial charge < -0.3 is 15.3 Å². The van der Waals surface area contributed by atoms with Crippen LogP contribution in [0.1, 0.15) is 76.6 Å². The van der Waals surface area contributed by atoms with Crippen molar-refractivity contribution in [1.82, 2.24) is 0 Å². The van der Waals surface area contributed by atoms with Gasteiger partial charge in [-0.15, -0.1) is 11.8 Å². The smallest absolute Gasteiger partial charge is 0.123 e. The summed E-state index contributed by atoms with van der Waals surface area (Å²) in [6, 6.07) is 32.3. The van der Waals surface area contributed by atoms with Crippen LogP contribution < -0.4 is 10.2 Å². The van der Waals surface area contributed by atoms with E-state index in [1.807, 2.05) is 17.8 Å². The number of hydrogen-bond acceptors (Lipinski definition) is 4. The molecular formula is C40H46N2OS. The first-order chi connectivity index (χ1) is 21.0. The van der Waals surface area contributed by atoms with Crippen LogP contribution in [0.15, 0.2) is 108 Å². The molecule has 0 aliphatic heterocycles. The minimum atomic E-state index is -0.127. The molecule has 0 spiro atoms. The van der Waals surface area contributed by atoms with Gasteiger partial charge in [0, 0.05) is 51.7 Å². The fraction of sp³-hybridized carbons (Fsp3) is 0.300. The number of aromatic hydroxyl groups is 1. The highest BCUT2D eigenvalue weighted by molar-refractivity contribution is 7.99. The zero-order valence-corrected chi connectivity index (χ0v) is 27.8. The number of nitrogens with one attached hydrogen (secondary N) is 1. The molecule has 1 aliphatic carbocycles. The van der Waals surface area contributed by atoms with E-state index in [1.54, 1.807) is 0 Å². The van der Waals surface area contributed by atoms with E-state index in [-0.39, 0.29) is 10.8 Å². The molecule has 1 aliphatic rings. The van der Waals surface area contributed by atoms with Gasteiger partial charge in [-0.3, -0.25) is 0 Å². The number of anilines is 3. The standard InChI is InChI=1S/C40H46N2OS/c1-39(2,3)36-27-35(28-37(38(36)43)40(4,5)6)44-24-14-23-42(33-19-11-8-12-20-33)34-22-21-30-25-32(18-13-15-29(30)26-34)41-31-16-9-7-10-17-31/h7-13,15-17,19-22,25-28,41,43H,14,18,23-24H2,1-6H3. The van der Waals surface area contributed by atoms with Gasteiger partial charge in [0.05, 0.1) is 0 Å². The highest BCUT2D eigenvalue weighted by atomic mass is 32.2. The summed E-state index contributed by atoms with van der Waals surface area (Å²) in [6.45, 7) is 13.9. The third kappa shape index (κ3) is 7.78. The number of benzene rings is 4. The minimum absolute atomic E-state index is 0.127. The molecule has 0 unspecified atom stereocenters. The van der Waals surface area contributed by atoms with Gasteiger partial charge in [0.2, 0.25) is 0 Å². The molecule has 4 heteroatoms. The van der Waals surface area contributed by atoms with Crippen molar-refractivity contribution in [2.45, 2.75) is 70.1 Å². The van der Waals surface area contributed by atoms with Crippen LogP contribution in [0.4, 0.5) is 17.1 Å². The number of allylic oxidation sites excluding steroid dienone is 1. The molecule has 0 radical (unpaired) electrons. The van der Waals surface area contributed by atoms with Crippen LogP contribution in [0.25, 0.3) is 12.2 Å². The van der Waals surface area contributed by atoms with Gasteiger partial charge >= 0.3 is 0 Å². The monoisotopic (exact) mass is 602 g/mol. The van der Waals surface area contributed by atoms with Crippen LogP contribution >= 0.6 is 11.8 Å². The van der Waals surface area contributed by atoms with Gasteiger partial charge in [0.1, 0.15) is 5.75 Å². The van der Waals surface area contributed by atoms with Crippen molar-refractivity contribution in [2.75, 3.05) is 22.5 Å². The van der Waals surface area contributed by atoms with E-state index in [4.69, 9.17) is 0 Å². The number of hydrogen-bond donors (Lipinski definition) is 2. The molecule has 0 fully saturated rings. The summed E-state index contributed by atoms with van der Waals surface area (Å²) >= 11 is 1.88. The number of fused-ring (bicyclic) bond motifs is 1. The molecule has 0 amide bonds. The fourth-order valence-corrected chi connectivity index (χ4v) is 6.53. The van der Waals surface area contributed by atoms with Gasteiger partial charge in [0.25, 0.3) is 0 Å². The molecular weight excluding hydrogens is 557 g/mol. The number of para-hydroxylation sites is 2. The number of rotatable bonds is 9. The van der Waals surface area contributed by atoms with Crippen molar-refractivity contribution >= 4 is 41.0 Å². The fourth-order valence-electron chi connectivity index (χ4n) is 5.62. The Labute approximate surface area is 268 Å². The zero-order chi connectivity index (χ0) is 31.3. The first-order valence-electron chi connectivity index (χ1n) is 15.7. The summed E-state index contributed by atoms with van der Waals surface area (Å²) in [4.78, 5) is 3.66. The molecule has 4 aromatic rings. The molecule has 4 aromatic carbocycles. The molecule has 0 heterocycles. The Kier molecular flexibility index (Phi) is 9.60. The predicted octanol–water partition coefficient (Wildman–Crippen LogP) is 11.2. The highest BCUT2D eigenvalue weighted by Gasteiger charge is 2.26. The number of phenols is 1. The van der Waals surface area contributed by atoms with Crippen molar-refractivity contribution in [3.8, 4) is 5.75 Å². The van der Waals surface area contributed by atoms with Crippen molar-refractivity contribution in [2.24, 2.45) is 0 Å². The molecule has 0 atom stereocenters. The molecule has 0 saturated heterocycles. The van der Waals surface area contributed by atoms with Gasteiger partial charge in [-0.25, -0.2) is 0 Å². The van der Waals surface area contributed by atoms with Gasteiger partial charge in [-0.2, -0.15) is 0 Å². The van der Waals surface area contributed by atoms with Crippen LogP contribution in [-0.4, -0.2) is 17.4 Å². The second kappa shape index (κ2) is 13.4. The summed E-state index contributed by atoms with van der Waals surface area (Å²) in [5.41, 5.74) is 8.94. The largest absolute Gasteiger partial charge is 0.507 e. The molecule has 44 heavy (non-hydrogen) atoms. The minimum Gasteiger partial charge on any atom is -0.507 e.